The van der Waals surface area contributed by atoms with Gasteiger partial charge in [-0.3, -0.25) is 9.59 Å². The highest BCUT2D eigenvalue weighted by Gasteiger charge is 2.37. The summed E-state index contributed by atoms with van der Waals surface area (Å²) in [5.41, 5.74) is 0.215. The van der Waals surface area contributed by atoms with Crippen molar-refractivity contribution in [2.45, 2.75) is 46.0 Å². The number of hydrogen-bond donors (Lipinski definition) is 2. The van der Waals surface area contributed by atoms with Crippen molar-refractivity contribution in [2.75, 3.05) is 5.32 Å². The second kappa shape index (κ2) is 11.0. The van der Waals surface area contributed by atoms with Gasteiger partial charge in [0.2, 0.25) is 0 Å². The SMILES string of the molecule is Cc1cc(C#N)cc(C(=O)NC(C)(C)C)c1NC(=O)c1cc(Cn2nnc(C(F)(F)F)n2)nn1-c1ncccc1Cl. The average Bonchev–Trinajstić information content (AvgIpc) is 3.52. The highest BCUT2D eigenvalue weighted by atomic mass is 35.5. The predicted octanol–water partition coefficient (Wildman–Crippen LogP) is 3.94. The van der Waals surface area contributed by atoms with Crippen LogP contribution in [0.15, 0.2) is 36.5 Å². The summed E-state index contributed by atoms with van der Waals surface area (Å²) < 4.78 is 39.9. The van der Waals surface area contributed by atoms with E-state index in [0.29, 0.717) is 10.4 Å². The average molecular weight is 587 g/mol. The van der Waals surface area contributed by atoms with E-state index in [1.807, 2.05) is 6.07 Å². The predicted molar refractivity (Wildman–Crippen MR) is 139 cm³/mol. The van der Waals surface area contributed by atoms with Gasteiger partial charge < -0.3 is 10.6 Å². The molecule has 4 aromatic rings. The molecule has 0 aliphatic carbocycles. The molecule has 3 heterocycles. The number of carbonyl (C=O) groups is 2. The Morgan fingerprint density at radius 2 is 1.85 bits per heavy atom. The molecule has 12 nitrogen and oxygen atoms in total. The molecule has 0 radical (unpaired) electrons. The van der Waals surface area contributed by atoms with E-state index < -0.39 is 29.4 Å². The van der Waals surface area contributed by atoms with Gasteiger partial charge in [-0.25, -0.2) is 9.67 Å². The first kappa shape index (κ1) is 29.2. The molecule has 2 N–H and O–H groups in total. The van der Waals surface area contributed by atoms with Gasteiger partial charge in [0.25, 0.3) is 17.6 Å². The first-order valence-electron chi connectivity index (χ1n) is 11.9. The summed E-state index contributed by atoms with van der Waals surface area (Å²) in [7, 11) is 0. The van der Waals surface area contributed by atoms with Crippen LogP contribution in [0, 0.1) is 18.3 Å². The van der Waals surface area contributed by atoms with E-state index in [2.05, 4.69) is 36.1 Å². The van der Waals surface area contributed by atoms with Crippen LogP contribution in [0.3, 0.4) is 0 Å². The van der Waals surface area contributed by atoms with Crippen LogP contribution in [-0.2, 0) is 12.7 Å². The number of aryl methyl sites for hydroxylation is 1. The summed E-state index contributed by atoms with van der Waals surface area (Å²) in [5, 5.41) is 29.1. The van der Waals surface area contributed by atoms with Crippen molar-refractivity contribution in [3.05, 3.63) is 75.5 Å². The van der Waals surface area contributed by atoms with Crippen molar-refractivity contribution in [1.29, 1.82) is 5.26 Å². The lowest BCUT2D eigenvalue weighted by molar-refractivity contribution is -0.145. The molecule has 1 aromatic carbocycles. The van der Waals surface area contributed by atoms with Crippen LogP contribution < -0.4 is 10.6 Å². The number of pyridine rings is 1. The molecule has 2 amide bonds. The van der Waals surface area contributed by atoms with Crippen molar-refractivity contribution in [2.24, 2.45) is 0 Å². The highest BCUT2D eigenvalue weighted by Crippen LogP contribution is 2.27. The Kier molecular flexibility index (Phi) is 7.80. The normalized spacial score (nSPS) is 11.7. The molecule has 3 aromatic heterocycles. The number of nitrogens with one attached hydrogen (secondary N) is 2. The minimum atomic E-state index is -4.79. The van der Waals surface area contributed by atoms with Crippen LogP contribution >= 0.6 is 11.6 Å². The molecule has 0 aliphatic heterocycles. The van der Waals surface area contributed by atoms with Crippen LogP contribution in [0.1, 0.15) is 64.3 Å². The number of anilines is 1. The van der Waals surface area contributed by atoms with E-state index in [1.165, 1.54) is 30.5 Å². The number of carbonyl (C=O) groups excluding carboxylic acids is 2. The zero-order valence-electron chi connectivity index (χ0n) is 22.1. The quantitative estimate of drug-likeness (QED) is 0.344. The van der Waals surface area contributed by atoms with Gasteiger partial charge in [0, 0.05) is 11.7 Å². The number of halogens is 4. The molecule has 0 bridgehead atoms. The molecular weight excluding hydrogens is 565 g/mol. The number of hydrogen-bond acceptors (Lipinski definition) is 8. The lowest BCUT2D eigenvalue weighted by atomic mass is 10.0. The standard InChI is InChI=1S/C25H22ClF3N10O2/c1-13-8-14(11-30)9-16(21(40)33-24(2,3)4)19(13)32-22(41)18-10-15(12-38-36-23(34-37-38)25(27,28)29)35-39(18)20-17(26)6-5-7-31-20/h5-10H,12H2,1-4H3,(H,32,41)(H,33,40). The van der Waals surface area contributed by atoms with Crippen molar-refractivity contribution in [3.8, 4) is 11.9 Å². The van der Waals surface area contributed by atoms with Crippen LogP contribution in [0.2, 0.25) is 5.02 Å². The van der Waals surface area contributed by atoms with Crippen LogP contribution in [-0.4, -0.2) is 52.3 Å². The Bertz CT molecular complexity index is 1680. The highest BCUT2D eigenvalue weighted by molar-refractivity contribution is 6.32. The van der Waals surface area contributed by atoms with Crippen LogP contribution in [0.25, 0.3) is 5.82 Å². The number of alkyl halides is 3. The molecule has 0 unspecified atom stereocenters. The molecule has 0 fully saturated rings. The second-order valence-corrected chi connectivity index (χ2v) is 10.3. The number of amides is 2. The number of tetrazole rings is 1. The van der Waals surface area contributed by atoms with Gasteiger partial charge in [-0.15, -0.1) is 10.2 Å². The molecule has 0 saturated heterocycles. The van der Waals surface area contributed by atoms with Crippen molar-refractivity contribution in [1.82, 2.24) is 40.3 Å². The summed E-state index contributed by atoms with van der Waals surface area (Å²) in [5.74, 6) is -2.63. The van der Waals surface area contributed by atoms with Crippen LogP contribution in [0.5, 0.6) is 0 Å². The fourth-order valence-corrected chi connectivity index (χ4v) is 3.92. The molecule has 212 valence electrons. The number of aromatic nitrogens is 7. The summed E-state index contributed by atoms with van der Waals surface area (Å²) in [6.45, 7) is 6.60. The van der Waals surface area contributed by atoms with E-state index in [1.54, 1.807) is 33.8 Å². The Morgan fingerprint density at radius 1 is 1.12 bits per heavy atom. The van der Waals surface area contributed by atoms with Gasteiger partial charge in [0.1, 0.15) is 12.2 Å². The topological polar surface area (TPSA) is 156 Å². The van der Waals surface area contributed by atoms with Crippen molar-refractivity contribution in [3.63, 3.8) is 0 Å². The fourth-order valence-electron chi connectivity index (χ4n) is 3.71. The summed E-state index contributed by atoms with van der Waals surface area (Å²) in [4.78, 5) is 31.6. The first-order valence-corrected chi connectivity index (χ1v) is 12.3. The molecule has 4 rings (SSSR count). The molecule has 0 saturated carbocycles. The Morgan fingerprint density at radius 3 is 2.46 bits per heavy atom. The number of benzene rings is 1. The summed E-state index contributed by atoms with van der Waals surface area (Å²) in [6, 6.07) is 9.24. The number of nitriles is 1. The lowest BCUT2D eigenvalue weighted by Crippen LogP contribution is -2.41. The molecule has 16 heteroatoms. The first-order chi connectivity index (χ1) is 19.2. The smallest absolute Gasteiger partial charge is 0.347 e. The van der Waals surface area contributed by atoms with Crippen molar-refractivity contribution < 1.29 is 22.8 Å². The Labute approximate surface area is 236 Å². The zero-order chi connectivity index (χ0) is 30.1. The second-order valence-electron chi connectivity index (χ2n) is 9.87. The maximum atomic E-state index is 13.6. The zero-order valence-corrected chi connectivity index (χ0v) is 22.8. The van der Waals surface area contributed by atoms with E-state index >= 15 is 0 Å². The molecule has 41 heavy (non-hydrogen) atoms. The molecule has 0 atom stereocenters. The maximum absolute atomic E-state index is 13.6. The van der Waals surface area contributed by atoms with Gasteiger partial charge in [0.05, 0.1) is 33.6 Å². The van der Waals surface area contributed by atoms with E-state index in [9.17, 15) is 28.0 Å². The number of nitrogens with zero attached hydrogens (tertiary/aromatic N) is 8. The fraction of sp³-hybridized carbons (Fsp3) is 0.280. The Balaban J connectivity index is 1.76. The molecular formula is C25H22ClF3N10O2. The summed E-state index contributed by atoms with van der Waals surface area (Å²) in [6.07, 6.45) is -3.38. The number of rotatable bonds is 6. The van der Waals surface area contributed by atoms with Gasteiger partial charge in [0.15, 0.2) is 5.82 Å². The third-order valence-corrected chi connectivity index (χ3v) is 5.67. The van der Waals surface area contributed by atoms with E-state index in [0.717, 1.165) is 4.68 Å². The minimum absolute atomic E-state index is 0.0541. The van der Waals surface area contributed by atoms with Gasteiger partial charge in [-0.05, 0) is 68.8 Å². The monoisotopic (exact) mass is 586 g/mol. The maximum Gasteiger partial charge on any atom is 0.455 e. The lowest BCUT2D eigenvalue weighted by Gasteiger charge is -2.22. The van der Waals surface area contributed by atoms with E-state index in [-0.39, 0.29) is 45.6 Å². The van der Waals surface area contributed by atoms with Gasteiger partial charge in [-0.2, -0.15) is 28.3 Å². The summed E-state index contributed by atoms with van der Waals surface area (Å²) >= 11 is 6.30. The van der Waals surface area contributed by atoms with Crippen LogP contribution in [0.4, 0.5) is 18.9 Å². The van der Waals surface area contributed by atoms with Crippen molar-refractivity contribution >= 4 is 29.1 Å². The molecule has 0 spiro atoms. The minimum Gasteiger partial charge on any atom is -0.347 e. The largest absolute Gasteiger partial charge is 0.455 e. The third-order valence-electron chi connectivity index (χ3n) is 5.38. The van der Waals surface area contributed by atoms with Gasteiger partial charge >= 0.3 is 6.18 Å². The van der Waals surface area contributed by atoms with Gasteiger partial charge in [-0.1, -0.05) is 11.6 Å². The molecule has 0 aliphatic rings. The van der Waals surface area contributed by atoms with E-state index in [4.69, 9.17) is 11.6 Å². The Hall–Kier alpha value is -4.84. The third kappa shape index (κ3) is 6.67.